The number of carbonyl (C=O) groups excluding carboxylic acids is 2. The number of ether oxygens (including phenoxy) is 1. The molecule has 0 N–H and O–H groups in total. The van der Waals surface area contributed by atoms with Crippen LogP contribution in [0, 0.1) is 0 Å². The van der Waals surface area contributed by atoms with E-state index in [1.54, 1.807) is 6.92 Å². The second-order valence-electron chi connectivity index (χ2n) is 5.07. The molecule has 0 aliphatic carbocycles. The molecule has 0 aromatic heterocycles. The van der Waals surface area contributed by atoms with Crippen molar-refractivity contribution in [3.05, 3.63) is 30.3 Å². The third-order valence-corrected chi connectivity index (χ3v) is 3.25. The van der Waals surface area contributed by atoms with Crippen LogP contribution in [0.1, 0.15) is 20.8 Å². The van der Waals surface area contributed by atoms with Gasteiger partial charge in [-0.1, -0.05) is 18.2 Å². The number of para-hydroxylation sites is 1. The van der Waals surface area contributed by atoms with Gasteiger partial charge < -0.3 is 4.74 Å². The summed E-state index contributed by atoms with van der Waals surface area (Å²) >= 11 is 0. The average molecular weight is 276 g/mol. The lowest BCUT2D eigenvalue weighted by atomic mass is 10.2. The van der Waals surface area contributed by atoms with Gasteiger partial charge in [0.05, 0.1) is 19.3 Å². The molecule has 3 amide bonds. The Balaban J connectivity index is 2.10. The Morgan fingerprint density at radius 1 is 1.20 bits per heavy atom. The summed E-state index contributed by atoms with van der Waals surface area (Å²) in [5, 5.41) is 0. The van der Waals surface area contributed by atoms with E-state index in [0.29, 0.717) is 13.2 Å². The lowest BCUT2D eigenvalue weighted by molar-refractivity contribution is -0.127. The van der Waals surface area contributed by atoms with E-state index in [9.17, 15) is 9.59 Å². The van der Waals surface area contributed by atoms with E-state index in [4.69, 9.17) is 4.74 Å². The van der Waals surface area contributed by atoms with Gasteiger partial charge >= 0.3 is 6.03 Å². The van der Waals surface area contributed by atoms with Gasteiger partial charge in [-0.2, -0.15) is 0 Å². The van der Waals surface area contributed by atoms with Crippen LogP contribution in [0.5, 0.6) is 0 Å². The van der Waals surface area contributed by atoms with Crippen LogP contribution in [0.3, 0.4) is 0 Å². The van der Waals surface area contributed by atoms with Crippen molar-refractivity contribution in [2.24, 2.45) is 0 Å². The standard InChI is InChI=1S/C15H20N2O3/c1-11(2)20-10-9-16-14(18)12(3)17(15(16)19)13-7-5-4-6-8-13/h4-8,11-12H,9-10H2,1-3H3/t12-/m1/s1. The largest absolute Gasteiger partial charge is 0.377 e. The van der Waals surface area contributed by atoms with Gasteiger partial charge in [-0.25, -0.2) is 4.79 Å². The minimum Gasteiger partial charge on any atom is -0.377 e. The molecule has 0 radical (unpaired) electrons. The van der Waals surface area contributed by atoms with E-state index in [0.717, 1.165) is 5.69 Å². The molecule has 0 unspecified atom stereocenters. The second-order valence-corrected chi connectivity index (χ2v) is 5.07. The third-order valence-electron chi connectivity index (χ3n) is 3.25. The highest BCUT2D eigenvalue weighted by atomic mass is 16.5. The number of rotatable bonds is 5. The highest BCUT2D eigenvalue weighted by Gasteiger charge is 2.42. The molecule has 1 aliphatic heterocycles. The van der Waals surface area contributed by atoms with Crippen molar-refractivity contribution >= 4 is 17.6 Å². The molecular formula is C15H20N2O3. The zero-order valence-electron chi connectivity index (χ0n) is 12.1. The maximum Gasteiger partial charge on any atom is 0.332 e. The number of urea groups is 1. The summed E-state index contributed by atoms with van der Waals surface area (Å²) in [5.41, 5.74) is 0.741. The molecule has 2 rings (SSSR count). The minimum absolute atomic E-state index is 0.0884. The van der Waals surface area contributed by atoms with Gasteiger partial charge in [0.2, 0.25) is 0 Å². The number of amides is 3. The molecule has 20 heavy (non-hydrogen) atoms. The molecule has 5 nitrogen and oxygen atoms in total. The molecule has 1 aromatic rings. The molecule has 1 saturated heterocycles. The van der Waals surface area contributed by atoms with Crippen molar-refractivity contribution in [2.75, 3.05) is 18.1 Å². The fraction of sp³-hybridized carbons (Fsp3) is 0.467. The minimum atomic E-state index is -0.469. The predicted octanol–water partition coefficient (Wildman–Crippen LogP) is 2.27. The Morgan fingerprint density at radius 2 is 1.85 bits per heavy atom. The quantitative estimate of drug-likeness (QED) is 0.775. The van der Waals surface area contributed by atoms with Crippen molar-refractivity contribution in [1.82, 2.24) is 4.90 Å². The maximum atomic E-state index is 12.4. The van der Waals surface area contributed by atoms with Crippen LogP contribution in [0.15, 0.2) is 30.3 Å². The summed E-state index contributed by atoms with van der Waals surface area (Å²) < 4.78 is 5.41. The molecule has 1 aliphatic rings. The van der Waals surface area contributed by atoms with Crippen LogP contribution in [-0.4, -0.2) is 42.1 Å². The van der Waals surface area contributed by atoms with Crippen LogP contribution in [-0.2, 0) is 9.53 Å². The van der Waals surface area contributed by atoms with Crippen molar-refractivity contribution in [2.45, 2.75) is 32.9 Å². The van der Waals surface area contributed by atoms with E-state index >= 15 is 0 Å². The average Bonchev–Trinajstić information content (AvgIpc) is 2.63. The molecule has 0 bridgehead atoms. The number of anilines is 1. The fourth-order valence-corrected chi connectivity index (χ4v) is 2.23. The summed E-state index contributed by atoms with van der Waals surface area (Å²) in [6.45, 7) is 6.25. The number of hydrogen-bond donors (Lipinski definition) is 0. The molecule has 108 valence electrons. The predicted molar refractivity (Wildman–Crippen MR) is 76.6 cm³/mol. The van der Waals surface area contributed by atoms with Gasteiger partial charge in [-0.3, -0.25) is 14.6 Å². The van der Waals surface area contributed by atoms with Gasteiger partial charge in [0.25, 0.3) is 5.91 Å². The number of imide groups is 1. The third kappa shape index (κ3) is 2.82. The van der Waals surface area contributed by atoms with E-state index < -0.39 is 6.04 Å². The number of nitrogens with zero attached hydrogens (tertiary/aromatic N) is 2. The molecular weight excluding hydrogens is 256 g/mol. The Bertz CT molecular complexity index is 487. The van der Waals surface area contributed by atoms with Crippen molar-refractivity contribution in [3.8, 4) is 0 Å². The molecule has 1 atom stereocenters. The van der Waals surface area contributed by atoms with Gasteiger partial charge in [0, 0.05) is 5.69 Å². The first kappa shape index (κ1) is 14.5. The monoisotopic (exact) mass is 276 g/mol. The zero-order valence-corrected chi connectivity index (χ0v) is 12.1. The fourth-order valence-electron chi connectivity index (χ4n) is 2.23. The SMILES string of the molecule is CC(C)OCCN1C(=O)[C@@H](C)N(c2ccccc2)C1=O. The smallest absolute Gasteiger partial charge is 0.332 e. The number of benzene rings is 1. The first-order valence-electron chi connectivity index (χ1n) is 6.83. The van der Waals surface area contributed by atoms with Gasteiger partial charge in [-0.05, 0) is 32.9 Å². The highest BCUT2D eigenvalue weighted by Crippen LogP contribution is 2.25. The van der Waals surface area contributed by atoms with Crippen LogP contribution in [0.4, 0.5) is 10.5 Å². The Hall–Kier alpha value is -1.88. The summed E-state index contributed by atoms with van der Waals surface area (Å²) in [6.07, 6.45) is 0.0884. The van der Waals surface area contributed by atoms with Crippen molar-refractivity contribution < 1.29 is 14.3 Å². The first-order valence-corrected chi connectivity index (χ1v) is 6.83. The van der Waals surface area contributed by atoms with Crippen LogP contribution in [0.2, 0.25) is 0 Å². The second kappa shape index (κ2) is 6.05. The highest BCUT2D eigenvalue weighted by molar-refractivity contribution is 6.14. The van der Waals surface area contributed by atoms with E-state index in [1.807, 2.05) is 44.2 Å². The summed E-state index contributed by atoms with van der Waals surface area (Å²) in [6, 6.07) is 8.50. The zero-order chi connectivity index (χ0) is 14.7. The maximum absolute atomic E-state index is 12.4. The Labute approximate surface area is 119 Å². The van der Waals surface area contributed by atoms with Crippen molar-refractivity contribution in [3.63, 3.8) is 0 Å². The number of carbonyl (C=O) groups is 2. The summed E-state index contributed by atoms with van der Waals surface area (Å²) in [5.74, 6) is -0.175. The normalized spacial score (nSPS) is 19.3. The first-order chi connectivity index (χ1) is 9.52. The molecule has 5 heteroatoms. The lowest BCUT2D eigenvalue weighted by Crippen LogP contribution is -2.36. The van der Waals surface area contributed by atoms with Gasteiger partial charge in [0.1, 0.15) is 6.04 Å². The van der Waals surface area contributed by atoms with E-state index in [-0.39, 0.29) is 18.0 Å². The van der Waals surface area contributed by atoms with Crippen LogP contribution < -0.4 is 4.90 Å². The van der Waals surface area contributed by atoms with Crippen LogP contribution >= 0.6 is 0 Å². The van der Waals surface area contributed by atoms with Gasteiger partial charge in [-0.15, -0.1) is 0 Å². The van der Waals surface area contributed by atoms with Crippen LogP contribution in [0.25, 0.3) is 0 Å². The topological polar surface area (TPSA) is 49.9 Å². The van der Waals surface area contributed by atoms with E-state index in [1.165, 1.54) is 9.80 Å². The number of hydrogen-bond acceptors (Lipinski definition) is 3. The molecule has 1 fully saturated rings. The van der Waals surface area contributed by atoms with E-state index in [2.05, 4.69) is 0 Å². The van der Waals surface area contributed by atoms with Crippen molar-refractivity contribution in [1.29, 1.82) is 0 Å². The Morgan fingerprint density at radius 3 is 2.45 bits per heavy atom. The molecule has 1 heterocycles. The Kier molecular flexibility index (Phi) is 4.39. The summed E-state index contributed by atoms with van der Waals surface area (Å²) in [7, 11) is 0. The lowest BCUT2D eigenvalue weighted by Gasteiger charge is -2.19. The molecule has 0 saturated carbocycles. The van der Waals surface area contributed by atoms with Gasteiger partial charge in [0.15, 0.2) is 0 Å². The molecule has 0 spiro atoms. The summed E-state index contributed by atoms with van der Waals surface area (Å²) in [4.78, 5) is 27.4. The molecule has 1 aromatic carbocycles.